The van der Waals surface area contributed by atoms with Crippen molar-refractivity contribution in [2.24, 2.45) is 0 Å². The van der Waals surface area contributed by atoms with E-state index >= 15 is 0 Å². The van der Waals surface area contributed by atoms with Crippen LogP contribution in [0.1, 0.15) is 42.1 Å². The molecule has 4 aromatic heterocycles. The Labute approximate surface area is 327 Å². The molecule has 0 bridgehead atoms. The van der Waals surface area contributed by atoms with Gasteiger partial charge in [0.25, 0.3) is 0 Å². The number of piperazine rings is 2. The molecule has 2 aliphatic heterocycles. The maximum Gasteiger partial charge on any atom is 0.195 e. The molecule has 14 heteroatoms. The van der Waals surface area contributed by atoms with Crippen LogP contribution in [0.25, 0.3) is 21.8 Å². The lowest BCUT2D eigenvalue weighted by atomic mass is 10.0. The molecule has 2 aromatic carbocycles. The minimum absolute atomic E-state index is 0.00669. The minimum atomic E-state index is -0.00669. The molecule has 0 aliphatic carbocycles. The van der Waals surface area contributed by atoms with E-state index in [0.717, 1.165) is 102 Å². The quantitative estimate of drug-likeness (QED) is 0.0865. The van der Waals surface area contributed by atoms with Crippen molar-refractivity contribution in [2.45, 2.75) is 26.7 Å². The third-order valence-electron chi connectivity index (χ3n) is 9.43. The fourth-order valence-electron chi connectivity index (χ4n) is 6.54. The van der Waals surface area contributed by atoms with Gasteiger partial charge in [-0.2, -0.15) is 0 Å². The van der Waals surface area contributed by atoms with E-state index in [1.54, 1.807) is 17.6 Å². The molecule has 0 amide bonds. The van der Waals surface area contributed by atoms with Gasteiger partial charge in [0.1, 0.15) is 15.8 Å². The number of aromatic nitrogens is 2. The molecule has 280 valence electrons. The first-order chi connectivity index (χ1) is 26.2. The number of nitrogens with two attached hydrogens (primary N) is 2. The van der Waals surface area contributed by atoms with Crippen LogP contribution >= 0.6 is 34.0 Å². The number of carbonyl (C=O) groups excluding carboxylic acids is 2. The molecular formula is C40H44N8O3S3. The van der Waals surface area contributed by atoms with Crippen molar-refractivity contribution >= 4 is 67.0 Å². The van der Waals surface area contributed by atoms with Gasteiger partial charge in [-0.3, -0.25) is 9.59 Å². The maximum atomic E-state index is 12.9. The van der Waals surface area contributed by atoms with E-state index in [0.29, 0.717) is 21.4 Å². The molecule has 2 saturated heterocycles. The van der Waals surface area contributed by atoms with E-state index in [1.165, 1.54) is 27.6 Å². The van der Waals surface area contributed by atoms with E-state index in [-0.39, 0.29) is 24.4 Å². The van der Waals surface area contributed by atoms with Gasteiger partial charge in [0.05, 0.1) is 17.7 Å². The highest BCUT2D eigenvalue weighted by Gasteiger charge is 2.23. The molecule has 8 rings (SSSR count). The lowest BCUT2D eigenvalue weighted by Crippen LogP contribution is -2.43. The molecule has 0 radical (unpaired) electrons. The van der Waals surface area contributed by atoms with E-state index in [2.05, 4.69) is 36.5 Å². The molecule has 0 saturated carbocycles. The number of aryl methyl sites for hydroxylation is 2. The SMILES string of the molecule is Cc1nc(C(=O)Cc2cc(-c3ccco3)ccc2N)sc1N1CCNCC1.Cc1nc(C(=O)Cc2cc(-c3cccs3)ccc2N)sc1N1CCNCC1. The second-order valence-corrected chi connectivity index (χ2v) is 16.2. The highest BCUT2D eigenvalue weighted by molar-refractivity contribution is 7.18. The number of hydrogen-bond donors (Lipinski definition) is 4. The number of benzene rings is 2. The Balaban J connectivity index is 0.000000167. The van der Waals surface area contributed by atoms with Crippen molar-refractivity contribution in [3.63, 3.8) is 0 Å². The van der Waals surface area contributed by atoms with Gasteiger partial charge in [-0.1, -0.05) is 34.8 Å². The topological polar surface area (TPSA) is 156 Å². The summed E-state index contributed by atoms with van der Waals surface area (Å²) >= 11 is 4.66. The molecule has 11 nitrogen and oxygen atoms in total. The third kappa shape index (κ3) is 8.74. The number of hydrogen-bond acceptors (Lipinski definition) is 14. The fraction of sp³-hybridized carbons (Fsp3) is 0.300. The Morgan fingerprint density at radius 1 is 0.722 bits per heavy atom. The lowest BCUT2D eigenvalue weighted by Gasteiger charge is -2.28. The highest BCUT2D eigenvalue weighted by Crippen LogP contribution is 2.33. The number of ketones is 2. The van der Waals surface area contributed by atoms with Crippen LogP contribution in [0.2, 0.25) is 0 Å². The van der Waals surface area contributed by atoms with Crippen LogP contribution in [0.15, 0.2) is 76.7 Å². The average molecular weight is 781 g/mol. The number of furan rings is 1. The fourth-order valence-corrected chi connectivity index (χ4v) is 9.38. The Morgan fingerprint density at radius 3 is 1.72 bits per heavy atom. The van der Waals surface area contributed by atoms with Gasteiger partial charge < -0.3 is 36.3 Å². The Bertz CT molecular complexity index is 2040. The van der Waals surface area contributed by atoms with Crippen molar-refractivity contribution in [1.82, 2.24) is 20.6 Å². The van der Waals surface area contributed by atoms with Crippen LogP contribution in [0.3, 0.4) is 0 Å². The summed E-state index contributed by atoms with van der Waals surface area (Å²) in [5.41, 5.74) is 19.0. The van der Waals surface area contributed by atoms with E-state index in [4.69, 9.17) is 15.9 Å². The van der Waals surface area contributed by atoms with Gasteiger partial charge in [-0.25, -0.2) is 9.97 Å². The first kappa shape index (κ1) is 37.5. The number of anilines is 4. The van der Waals surface area contributed by atoms with Gasteiger partial charge >= 0.3 is 0 Å². The first-order valence-corrected chi connectivity index (χ1v) is 20.5. The molecule has 2 fully saturated rings. The van der Waals surface area contributed by atoms with E-state index in [9.17, 15) is 9.59 Å². The summed E-state index contributed by atoms with van der Waals surface area (Å²) < 4.78 is 5.44. The number of thiazole rings is 2. The Morgan fingerprint density at radius 2 is 1.24 bits per heavy atom. The van der Waals surface area contributed by atoms with Gasteiger partial charge in [-0.05, 0) is 84.4 Å². The predicted molar refractivity (Wildman–Crippen MR) is 223 cm³/mol. The summed E-state index contributed by atoms with van der Waals surface area (Å²) in [5, 5.41) is 12.1. The van der Waals surface area contributed by atoms with E-state index in [1.807, 2.05) is 73.8 Å². The second-order valence-electron chi connectivity index (χ2n) is 13.3. The molecule has 0 unspecified atom stereocenters. The highest BCUT2D eigenvalue weighted by atomic mass is 32.1. The van der Waals surface area contributed by atoms with Crippen LogP contribution in [0, 0.1) is 13.8 Å². The third-order valence-corrected chi connectivity index (χ3v) is 12.9. The van der Waals surface area contributed by atoms with E-state index < -0.39 is 0 Å². The molecule has 0 atom stereocenters. The van der Waals surface area contributed by atoms with Crippen molar-refractivity contribution < 1.29 is 14.0 Å². The Kier molecular flexibility index (Phi) is 11.8. The van der Waals surface area contributed by atoms with Crippen LogP contribution in [-0.2, 0) is 12.8 Å². The van der Waals surface area contributed by atoms with Crippen molar-refractivity contribution in [3.05, 3.63) is 105 Å². The number of nitrogens with zero attached hydrogens (tertiary/aromatic N) is 4. The molecule has 0 spiro atoms. The molecule has 54 heavy (non-hydrogen) atoms. The largest absolute Gasteiger partial charge is 0.464 e. The Hall–Kier alpha value is -4.86. The molecule has 6 aromatic rings. The zero-order chi connectivity index (χ0) is 37.6. The van der Waals surface area contributed by atoms with Gasteiger partial charge in [0.2, 0.25) is 0 Å². The summed E-state index contributed by atoms with van der Waals surface area (Å²) in [6.07, 6.45) is 2.14. The number of nitrogen functional groups attached to an aromatic ring is 2. The number of rotatable bonds is 10. The standard InChI is InChI=1S/C20H22N4O2S.C20H22N4OS2/c2*1-13-20(24-8-6-22-7-9-24)27-19(23-13)17(25)12-15-11-14(4-5-16(15)21)18-3-2-10-26-18/h2*2-5,10-11,22H,6-9,12,21H2,1H3. The minimum Gasteiger partial charge on any atom is -0.464 e. The normalized spacial score (nSPS) is 14.5. The summed E-state index contributed by atoms with van der Waals surface area (Å²) in [6, 6.07) is 19.4. The second kappa shape index (κ2) is 17.1. The smallest absolute Gasteiger partial charge is 0.195 e. The first-order valence-electron chi connectivity index (χ1n) is 18.0. The number of thiophene rings is 1. The van der Waals surface area contributed by atoms with Crippen molar-refractivity contribution in [3.8, 4) is 21.8 Å². The summed E-state index contributed by atoms with van der Waals surface area (Å²) in [6.45, 7) is 11.6. The maximum absolute atomic E-state index is 12.9. The van der Waals surface area contributed by atoms with Crippen LogP contribution in [-0.4, -0.2) is 73.9 Å². The van der Waals surface area contributed by atoms with Crippen LogP contribution in [0.5, 0.6) is 0 Å². The van der Waals surface area contributed by atoms with Crippen LogP contribution < -0.4 is 31.9 Å². The number of Topliss-reactive ketones (excluding diaryl/α,β-unsaturated/α-hetero) is 2. The predicted octanol–water partition coefficient (Wildman–Crippen LogP) is 6.73. The summed E-state index contributed by atoms with van der Waals surface area (Å²) in [4.78, 5) is 40.6. The monoisotopic (exact) mass is 780 g/mol. The van der Waals surface area contributed by atoms with Gasteiger partial charge in [-0.15, -0.1) is 11.3 Å². The zero-order valence-electron chi connectivity index (χ0n) is 30.4. The van der Waals surface area contributed by atoms with Gasteiger partial charge in [0, 0.05) is 87.0 Å². The van der Waals surface area contributed by atoms with Crippen molar-refractivity contribution in [1.29, 1.82) is 0 Å². The molecule has 6 heterocycles. The molecular weight excluding hydrogens is 737 g/mol. The van der Waals surface area contributed by atoms with Gasteiger partial charge in [0.15, 0.2) is 21.6 Å². The molecule has 2 aliphatic rings. The lowest BCUT2D eigenvalue weighted by molar-refractivity contribution is 0.0984. The van der Waals surface area contributed by atoms with Crippen molar-refractivity contribution in [2.75, 3.05) is 73.6 Å². The average Bonchev–Trinajstić information content (AvgIpc) is 4.03. The number of carbonyl (C=O) groups is 2. The summed E-state index contributed by atoms with van der Waals surface area (Å²) in [5.74, 6) is 0.780. The molecule has 6 N–H and O–H groups in total. The zero-order valence-corrected chi connectivity index (χ0v) is 32.8. The number of nitrogens with one attached hydrogen (secondary N) is 2. The van der Waals surface area contributed by atoms with Crippen LogP contribution in [0.4, 0.5) is 21.4 Å². The summed E-state index contributed by atoms with van der Waals surface area (Å²) in [7, 11) is 0.